The number of carbonyl (C=O) groups excluding carboxylic acids is 1. The molecule has 4 N–H and O–H groups in total. The third-order valence-corrected chi connectivity index (χ3v) is 6.97. The minimum absolute atomic E-state index is 0.161. The number of nitrogens with one attached hydrogen (secondary N) is 1. The summed E-state index contributed by atoms with van der Waals surface area (Å²) in [5.74, 6) is -0.161. The van der Waals surface area contributed by atoms with Gasteiger partial charge in [-0.25, -0.2) is 9.78 Å². The van der Waals surface area contributed by atoms with Crippen molar-refractivity contribution in [1.29, 1.82) is 0 Å². The molecular formula is C28H36N2O5S. The Hall–Kier alpha value is -2.78. The molecule has 0 aliphatic heterocycles. The fourth-order valence-corrected chi connectivity index (χ4v) is 4.98. The summed E-state index contributed by atoms with van der Waals surface area (Å²) in [6.45, 7) is 5.01. The van der Waals surface area contributed by atoms with Gasteiger partial charge in [-0.2, -0.15) is 0 Å². The van der Waals surface area contributed by atoms with Crippen LogP contribution in [0.1, 0.15) is 60.2 Å². The molecule has 0 bridgehead atoms. The second kappa shape index (κ2) is 13.0. The summed E-state index contributed by atoms with van der Waals surface area (Å²) in [6.07, 6.45) is 0.524. The topological polar surface area (TPSA) is 112 Å². The molecule has 1 heterocycles. The lowest BCUT2D eigenvalue weighted by atomic mass is 9.89. The smallest absolute Gasteiger partial charge is 0.407 e. The highest BCUT2D eigenvalue weighted by Crippen LogP contribution is 2.32. The van der Waals surface area contributed by atoms with Crippen molar-refractivity contribution in [1.82, 2.24) is 10.3 Å². The molecule has 1 aromatic heterocycles. The lowest BCUT2D eigenvalue weighted by molar-refractivity contribution is 0.0405. The molecule has 1 amide bonds. The Bertz CT molecular complexity index is 1070. The number of hydrogen-bond acceptors (Lipinski definition) is 7. The van der Waals surface area contributed by atoms with Gasteiger partial charge in [0.2, 0.25) is 0 Å². The van der Waals surface area contributed by atoms with Crippen LogP contribution in [0.25, 0.3) is 0 Å². The van der Waals surface area contributed by atoms with Crippen molar-refractivity contribution in [2.45, 2.75) is 69.8 Å². The van der Waals surface area contributed by atoms with Gasteiger partial charge in [0.25, 0.3) is 0 Å². The van der Waals surface area contributed by atoms with E-state index in [4.69, 9.17) is 4.74 Å². The number of amides is 1. The molecule has 0 spiro atoms. The summed E-state index contributed by atoms with van der Waals surface area (Å²) in [4.78, 5) is 17.7. The molecule has 0 saturated heterocycles. The summed E-state index contributed by atoms with van der Waals surface area (Å²) >= 11 is 1.33. The van der Waals surface area contributed by atoms with E-state index in [2.05, 4.69) is 10.3 Å². The van der Waals surface area contributed by atoms with Crippen LogP contribution in [0.4, 0.5) is 4.79 Å². The number of aromatic nitrogens is 1. The van der Waals surface area contributed by atoms with Crippen LogP contribution >= 0.6 is 11.3 Å². The van der Waals surface area contributed by atoms with E-state index >= 15 is 0 Å². The average Bonchev–Trinajstić information content (AvgIpc) is 3.33. The van der Waals surface area contributed by atoms with E-state index in [1.165, 1.54) is 11.3 Å². The number of carbonyl (C=O) groups is 1. The maximum atomic E-state index is 12.6. The molecule has 0 fully saturated rings. The SMILES string of the molecule is CC(C)(C)OC(=O)N[C@@H](Cc1ccccc1)[C@@H](O)CC(Cc1ccccc1)c1ncc(C(O)CO)s1. The molecule has 0 aliphatic carbocycles. The first-order valence-corrected chi connectivity index (χ1v) is 13.0. The zero-order valence-electron chi connectivity index (χ0n) is 21.0. The average molecular weight is 513 g/mol. The maximum absolute atomic E-state index is 12.6. The van der Waals surface area contributed by atoms with Crippen LogP contribution in [-0.4, -0.2) is 50.8 Å². The highest BCUT2D eigenvalue weighted by atomic mass is 32.1. The molecule has 0 radical (unpaired) electrons. The number of rotatable bonds is 11. The Kier molecular flexibility index (Phi) is 10.0. The number of alkyl carbamates (subject to hydrolysis) is 1. The third-order valence-electron chi connectivity index (χ3n) is 5.71. The Morgan fingerprint density at radius 3 is 2.14 bits per heavy atom. The monoisotopic (exact) mass is 512 g/mol. The highest BCUT2D eigenvalue weighted by molar-refractivity contribution is 7.11. The van der Waals surface area contributed by atoms with Gasteiger partial charge in [-0.1, -0.05) is 60.7 Å². The molecule has 2 unspecified atom stereocenters. The number of hydrogen-bond donors (Lipinski definition) is 4. The van der Waals surface area contributed by atoms with Gasteiger partial charge >= 0.3 is 6.09 Å². The standard InChI is InChI=1S/C28H36N2O5S/c1-28(2,3)35-27(34)30-22(15-20-12-8-5-9-13-20)23(32)16-21(14-19-10-6-4-7-11-19)26-29-17-25(36-26)24(33)18-31/h4-13,17,21-24,31-33H,14-16,18H2,1-3H3,(H,30,34)/t21?,22-,23-,24?/m0/s1. The van der Waals surface area contributed by atoms with Crippen molar-refractivity contribution < 1.29 is 24.9 Å². The zero-order valence-corrected chi connectivity index (χ0v) is 21.8. The lowest BCUT2D eigenvalue weighted by Gasteiger charge is -2.29. The maximum Gasteiger partial charge on any atom is 0.407 e. The summed E-state index contributed by atoms with van der Waals surface area (Å²) in [5.41, 5.74) is 1.42. The second-order valence-corrected chi connectivity index (χ2v) is 11.0. The van der Waals surface area contributed by atoms with Gasteiger partial charge in [0.15, 0.2) is 0 Å². The van der Waals surface area contributed by atoms with Gasteiger partial charge < -0.3 is 25.4 Å². The molecule has 194 valence electrons. The first-order chi connectivity index (χ1) is 17.1. The Balaban J connectivity index is 1.84. The van der Waals surface area contributed by atoms with Crippen LogP contribution in [0.2, 0.25) is 0 Å². The van der Waals surface area contributed by atoms with Gasteiger partial charge in [0.1, 0.15) is 11.7 Å². The summed E-state index contributed by atoms with van der Waals surface area (Å²) in [5, 5.41) is 34.4. The van der Waals surface area contributed by atoms with Crippen LogP contribution in [-0.2, 0) is 17.6 Å². The van der Waals surface area contributed by atoms with Crippen LogP contribution in [0.15, 0.2) is 66.9 Å². The van der Waals surface area contributed by atoms with Crippen molar-refractivity contribution in [3.05, 3.63) is 87.9 Å². The number of benzene rings is 2. The minimum Gasteiger partial charge on any atom is -0.444 e. The molecule has 36 heavy (non-hydrogen) atoms. The lowest BCUT2D eigenvalue weighted by Crippen LogP contribution is -2.47. The molecule has 7 nitrogen and oxygen atoms in total. The minimum atomic E-state index is -0.988. The predicted molar refractivity (Wildman–Crippen MR) is 141 cm³/mol. The molecule has 3 aromatic rings. The van der Waals surface area contributed by atoms with E-state index < -0.39 is 29.9 Å². The Morgan fingerprint density at radius 1 is 1.00 bits per heavy atom. The number of nitrogens with zero attached hydrogens (tertiary/aromatic N) is 1. The van der Waals surface area contributed by atoms with Crippen molar-refractivity contribution in [2.24, 2.45) is 0 Å². The van der Waals surface area contributed by atoms with Crippen molar-refractivity contribution in [2.75, 3.05) is 6.61 Å². The molecule has 8 heteroatoms. The van der Waals surface area contributed by atoms with Crippen molar-refractivity contribution >= 4 is 17.4 Å². The Labute approximate surface area is 216 Å². The van der Waals surface area contributed by atoms with E-state index in [-0.39, 0.29) is 12.5 Å². The number of ether oxygens (including phenoxy) is 1. The second-order valence-electron chi connectivity index (χ2n) is 9.93. The van der Waals surface area contributed by atoms with E-state index in [0.717, 1.165) is 16.1 Å². The normalized spacial score (nSPS) is 15.1. The Morgan fingerprint density at radius 2 is 1.58 bits per heavy atom. The van der Waals surface area contributed by atoms with Crippen molar-refractivity contribution in [3.8, 4) is 0 Å². The van der Waals surface area contributed by atoms with Crippen LogP contribution < -0.4 is 5.32 Å². The number of thiazole rings is 1. The fraction of sp³-hybridized carbons (Fsp3) is 0.429. The molecule has 2 aromatic carbocycles. The zero-order chi connectivity index (χ0) is 26.1. The predicted octanol–water partition coefficient (Wildman–Crippen LogP) is 4.38. The first kappa shape index (κ1) is 27.8. The quantitative estimate of drug-likeness (QED) is 0.303. The van der Waals surface area contributed by atoms with Gasteiger partial charge in [-0.3, -0.25) is 0 Å². The fourth-order valence-electron chi connectivity index (χ4n) is 3.97. The van der Waals surface area contributed by atoms with E-state index in [1.807, 2.05) is 60.7 Å². The van der Waals surface area contributed by atoms with E-state index in [0.29, 0.717) is 24.1 Å². The van der Waals surface area contributed by atoms with E-state index in [1.54, 1.807) is 27.0 Å². The van der Waals surface area contributed by atoms with Crippen LogP contribution in [0.5, 0.6) is 0 Å². The number of aliphatic hydroxyl groups excluding tert-OH is 3. The van der Waals surface area contributed by atoms with Gasteiger partial charge in [-0.15, -0.1) is 11.3 Å². The highest BCUT2D eigenvalue weighted by Gasteiger charge is 2.29. The summed E-state index contributed by atoms with van der Waals surface area (Å²) in [6, 6.07) is 19.0. The molecule has 3 rings (SSSR count). The van der Waals surface area contributed by atoms with Gasteiger partial charge in [0.05, 0.1) is 28.6 Å². The molecule has 0 saturated carbocycles. The molecule has 0 aliphatic rings. The van der Waals surface area contributed by atoms with Gasteiger partial charge in [0, 0.05) is 12.1 Å². The molecule has 4 atom stereocenters. The molecular weight excluding hydrogens is 476 g/mol. The van der Waals surface area contributed by atoms with E-state index in [9.17, 15) is 20.1 Å². The van der Waals surface area contributed by atoms with Crippen LogP contribution in [0.3, 0.4) is 0 Å². The van der Waals surface area contributed by atoms with Crippen molar-refractivity contribution in [3.63, 3.8) is 0 Å². The summed E-state index contributed by atoms with van der Waals surface area (Å²) < 4.78 is 5.46. The largest absolute Gasteiger partial charge is 0.444 e. The van der Waals surface area contributed by atoms with Gasteiger partial charge in [-0.05, 0) is 51.2 Å². The first-order valence-electron chi connectivity index (χ1n) is 12.1. The third kappa shape index (κ3) is 8.71. The van der Waals surface area contributed by atoms with Crippen LogP contribution in [0, 0.1) is 0 Å². The number of aliphatic hydroxyl groups is 3. The summed E-state index contributed by atoms with van der Waals surface area (Å²) in [7, 11) is 0.